The maximum Gasteiger partial charge on any atom is 0.142 e. The second kappa shape index (κ2) is 5.65. The van der Waals surface area contributed by atoms with Gasteiger partial charge in [0.25, 0.3) is 0 Å². The molecule has 0 aliphatic heterocycles. The van der Waals surface area contributed by atoms with Gasteiger partial charge in [0, 0.05) is 16.6 Å². The Morgan fingerprint density at radius 2 is 2.14 bits per heavy atom. The lowest BCUT2D eigenvalue weighted by molar-refractivity contribution is 0.344. The number of anilines is 1. The fourth-order valence-corrected chi connectivity index (χ4v) is 1.56. The van der Waals surface area contributed by atoms with Crippen molar-refractivity contribution in [2.75, 3.05) is 23.8 Å². The van der Waals surface area contributed by atoms with Crippen LogP contribution >= 0.6 is 0 Å². The van der Waals surface area contributed by atoms with Gasteiger partial charge in [0.15, 0.2) is 0 Å². The summed E-state index contributed by atoms with van der Waals surface area (Å²) in [7, 11) is -0.773. The highest BCUT2D eigenvalue weighted by Crippen LogP contribution is 2.19. The van der Waals surface area contributed by atoms with E-state index in [4.69, 9.17) is 10.5 Å². The van der Waals surface area contributed by atoms with E-state index in [0.717, 1.165) is 0 Å². The van der Waals surface area contributed by atoms with Crippen molar-refractivity contribution < 1.29 is 8.95 Å². The first-order valence-corrected chi connectivity index (χ1v) is 6.05. The lowest BCUT2D eigenvalue weighted by Crippen LogP contribution is -2.10. The van der Waals surface area contributed by atoms with Crippen LogP contribution in [0.2, 0.25) is 0 Å². The van der Waals surface area contributed by atoms with Gasteiger partial charge in [0.1, 0.15) is 5.75 Å². The first kappa shape index (κ1) is 11.0. The Balaban J connectivity index is 2.39. The van der Waals surface area contributed by atoms with Crippen LogP contribution < -0.4 is 10.5 Å². The van der Waals surface area contributed by atoms with Gasteiger partial charge in [-0.2, -0.15) is 0 Å². The van der Waals surface area contributed by atoms with Gasteiger partial charge in [0.2, 0.25) is 0 Å². The van der Waals surface area contributed by atoms with E-state index in [2.05, 4.69) is 0 Å². The molecule has 4 heteroatoms. The highest BCUT2D eigenvalue weighted by Gasteiger charge is 2.00. The lowest BCUT2D eigenvalue weighted by atomic mass is 10.3. The highest BCUT2D eigenvalue weighted by molar-refractivity contribution is 7.84. The van der Waals surface area contributed by atoms with Gasteiger partial charge in [-0.15, -0.1) is 0 Å². The quantitative estimate of drug-likeness (QED) is 0.752. The summed E-state index contributed by atoms with van der Waals surface area (Å²) in [6, 6.07) is 7.31. The van der Waals surface area contributed by atoms with Crippen LogP contribution in [0.5, 0.6) is 5.75 Å². The normalized spacial score (nSPS) is 12.4. The smallest absolute Gasteiger partial charge is 0.142 e. The summed E-state index contributed by atoms with van der Waals surface area (Å²) in [5, 5.41) is 0. The molecule has 0 amide bonds. The van der Waals surface area contributed by atoms with Crippen LogP contribution in [-0.2, 0) is 10.8 Å². The van der Waals surface area contributed by atoms with Crippen molar-refractivity contribution in [3.8, 4) is 5.75 Å². The van der Waals surface area contributed by atoms with Gasteiger partial charge in [0.05, 0.1) is 18.0 Å². The SMILES string of the molecule is CCS(=O)CCOc1ccccc1N. The van der Waals surface area contributed by atoms with E-state index in [1.54, 1.807) is 6.07 Å². The van der Waals surface area contributed by atoms with E-state index in [-0.39, 0.29) is 0 Å². The van der Waals surface area contributed by atoms with E-state index in [9.17, 15) is 4.21 Å². The molecule has 1 aromatic rings. The molecule has 0 spiro atoms. The first-order valence-electron chi connectivity index (χ1n) is 4.56. The molecule has 1 atom stereocenters. The number of rotatable bonds is 5. The van der Waals surface area contributed by atoms with Crippen LogP contribution in [0, 0.1) is 0 Å². The third-order valence-corrected chi connectivity index (χ3v) is 3.08. The van der Waals surface area contributed by atoms with Gasteiger partial charge in [-0.3, -0.25) is 4.21 Å². The molecule has 14 heavy (non-hydrogen) atoms. The predicted octanol–water partition coefficient (Wildman–Crippen LogP) is 1.42. The molecule has 0 heterocycles. The van der Waals surface area contributed by atoms with Gasteiger partial charge in [-0.25, -0.2) is 0 Å². The Hall–Kier alpha value is -1.03. The van der Waals surface area contributed by atoms with E-state index >= 15 is 0 Å². The molecule has 0 bridgehead atoms. The molecule has 0 aliphatic rings. The van der Waals surface area contributed by atoms with Crippen LogP contribution in [0.4, 0.5) is 5.69 Å². The molecule has 0 radical (unpaired) electrons. The minimum absolute atomic E-state index is 0.453. The Bertz CT molecular complexity index is 315. The molecule has 1 unspecified atom stereocenters. The Kier molecular flexibility index (Phi) is 4.46. The van der Waals surface area contributed by atoms with Crippen LogP contribution in [0.15, 0.2) is 24.3 Å². The van der Waals surface area contributed by atoms with Crippen molar-refractivity contribution in [1.82, 2.24) is 0 Å². The van der Waals surface area contributed by atoms with Gasteiger partial charge in [-0.1, -0.05) is 19.1 Å². The average molecular weight is 213 g/mol. The lowest BCUT2D eigenvalue weighted by Gasteiger charge is -2.07. The summed E-state index contributed by atoms with van der Waals surface area (Å²) >= 11 is 0. The minimum Gasteiger partial charge on any atom is -0.490 e. The monoisotopic (exact) mass is 213 g/mol. The number of nitrogens with two attached hydrogens (primary N) is 1. The van der Waals surface area contributed by atoms with Crippen molar-refractivity contribution in [3.63, 3.8) is 0 Å². The molecule has 2 N–H and O–H groups in total. The topological polar surface area (TPSA) is 52.3 Å². The molecular weight excluding hydrogens is 198 g/mol. The fraction of sp³-hybridized carbons (Fsp3) is 0.400. The van der Waals surface area contributed by atoms with Gasteiger partial charge in [-0.05, 0) is 12.1 Å². The number of benzene rings is 1. The minimum atomic E-state index is -0.773. The van der Waals surface area contributed by atoms with Crippen LogP contribution in [-0.4, -0.2) is 22.3 Å². The van der Waals surface area contributed by atoms with Gasteiger partial charge >= 0.3 is 0 Å². The Labute approximate surface area is 86.7 Å². The molecule has 1 rings (SSSR count). The molecule has 1 aromatic carbocycles. The van der Waals surface area contributed by atoms with Crippen LogP contribution in [0.1, 0.15) is 6.92 Å². The molecule has 0 fully saturated rings. The molecule has 78 valence electrons. The summed E-state index contributed by atoms with van der Waals surface area (Å²) in [5.74, 6) is 1.90. The van der Waals surface area contributed by atoms with E-state index < -0.39 is 10.8 Å². The van der Waals surface area contributed by atoms with Crippen LogP contribution in [0.3, 0.4) is 0 Å². The van der Waals surface area contributed by atoms with Crippen molar-refractivity contribution in [2.24, 2.45) is 0 Å². The second-order valence-electron chi connectivity index (χ2n) is 2.82. The molecule has 0 saturated carbocycles. The Morgan fingerprint density at radius 1 is 1.43 bits per heavy atom. The maximum absolute atomic E-state index is 11.1. The summed E-state index contributed by atoms with van der Waals surface area (Å²) < 4.78 is 16.5. The third kappa shape index (κ3) is 3.38. The number of nitrogen functional groups attached to an aromatic ring is 1. The standard InChI is InChI=1S/C10H15NO2S/c1-2-14(12)8-7-13-10-6-4-3-5-9(10)11/h3-6H,2,7-8,11H2,1H3. The van der Waals surface area contributed by atoms with E-state index in [1.807, 2.05) is 25.1 Å². The first-order chi connectivity index (χ1) is 6.74. The largest absolute Gasteiger partial charge is 0.490 e. The Morgan fingerprint density at radius 3 is 2.79 bits per heavy atom. The summed E-state index contributed by atoms with van der Waals surface area (Å²) in [5.41, 5.74) is 6.29. The summed E-state index contributed by atoms with van der Waals surface area (Å²) in [4.78, 5) is 0. The van der Waals surface area contributed by atoms with Crippen LogP contribution in [0.25, 0.3) is 0 Å². The van der Waals surface area contributed by atoms with Crippen molar-refractivity contribution in [2.45, 2.75) is 6.92 Å². The van der Waals surface area contributed by atoms with E-state index in [0.29, 0.717) is 29.5 Å². The molecule has 0 saturated heterocycles. The molecular formula is C10H15NO2S. The zero-order valence-corrected chi connectivity index (χ0v) is 9.05. The zero-order chi connectivity index (χ0) is 10.4. The number of para-hydroxylation sites is 2. The second-order valence-corrected chi connectivity index (χ2v) is 4.68. The molecule has 0 aromatic heterocycles. The number of hydrogen-bond acceptors (Lipinski definition) is 3. The molecule has 0 aliphatic carbocycles. The summed E-state index contributed by atoms with van der Waals surface area (Å²) in [6.45, 7) is 2.35. The highest BCUT2D eigenvalue weighted by atomic mass is 32.2. The number of ether oxygens (including phenoxy) is 1. The predicted molar refractivity (Wildman–Crippen MR) is 59.9 cm³/mol. The summed E-state index contributed by atoms with van der Waals surface area (Å²) in [6.07, 6.45) is 0. The maximum atomic E-state index is 11.1. The van der Waals surface area contributed by atoms with Crippen molar-refractivity contribution in [3.05, 3.63) is 24.3 Å². The van der Waals surface area contributed by atoms with Crippen molar-refractivity contribution in [1.29, 1.82) is 0 Å². The third-order valence-electron chi connectivity index (χ3n) is 1.81. The number of hydrogen-bond donors (Lipinski definition) is 1. The fourth-order valence-electron chi connectivity index (χ4n) is 1.00. The average Bonchev–Trinajstić information content (AvgIpc) is 2.20. The zero-order valence-electron chi connectivity index (χ0n) is 8.23. The van der Waals surface area contributed by atoms with Crippen molar-refractivity contribution >= 4 is 16.5 Å². The molecule has 3 nitrogen and oxygen atoms in total. The van der Waals surface area contributed by atoms with E-state index in [1.165, 1.54) is 0 Å². The van der Waals surface area contributed by atoms with Gasteiger partial charge < -0.3 is 10.5 Å².